The molecule has 0 saturated heterocycles. The maximum absolute atomic E-state index is 12.4. The highest BCUT2D eigenvalue weighted by Gasteiger charge is 2.18. The highest BCUT2D eigenvalue weighted by Crippen LogP contribution is 2.24. The number of aromatic nitrogens is 2. The van der Waals surface area contributed by atoms with E-state index in [0.717, 1.165) is 11.9 Å². The van der Waals surface area contributed by atoms with Crippen LogP contribution in [0.25, 0.3) is 11.1 Å². The lowest BCUT2D eigenvalue weighted by atomic mass is 10.1. The zero-order chi connectivity index (χ0) is 17.2. The second kappa shape index (κ2) is 6.63. The fraction of sp³-hybridized carbons (Fsp3) is 0.500. The van der Waals surface area contributed by atoms with E-state index in [1.54, 1.807) is 13.1 Å². The largest absolute Gasteiger partial charge is 0.340 e. The summed E-state index contributed by atoms with van der Waals surface area (Å²) in [4.78, 5) is 18.0. The smallest absolute Gasteiger partial charge is 0.257 e. The minimum Gasteiger partial charge on any atom is -0.340 e. The van der Waals surface area contributed by atoms with E-state index < -0.39 is 10.0 Å². The molecular formula is C14H20N4O4S. The molecule has 126 valence electrons. The number of amides is 1. The van der Waals surface area contributed by atoms with Crippen LogP contribution in [0, 0.1) is 0 Å². The first kappa shape index (κ1) is 17.4. The standard InChI is InChI=1S/C14H20N4O4S/c1-9(2)12-11-7-10(8-15-13(11)22-17-12)14(19)18(3)6-5-16-23(4,20)21/h7-9,16H,5-6H2,1-4H3. The summed E-state index contributed by atoms with van der Waals surface area (Å²) in [6, 6.07) is 1.71. The number of sulfonamides is 1. The Labute approximate surface area is 134 Å². The van der Waals surface area contributed by atoms with Crippen molar-refractivity contribution in [1.29, 1.82) is 0 Å². The van der Waals surface area contributed by atoms with Gasteiger partial charge in [-0.1, -0.05) is 19.0 Å². The number of hydrogen-bond donors (Lipinski definition) is 1. The zero-order valence-electron chi connectivity index (χ0n) is 13.5. The highest BCUT2D eigenvalue weighted by molar-refractivity contribution is 7.88. The van der Waals surface area contributed by atoms with Crippen LogP contribution < -0.4 is 4.72 Å². The molecule has 8 nitrogen and oxygen atoms in total. The Kier molecular flexibility index (Phi) is 5.00. The number of fused-ring (bicyclic) bond motifs is 1. The third-order valence-electron chi connectivity index (χ3n) is 3.31. The number of nitrogens with zero attached hydrogens (tertiary/aromatic N) is 3. The third kappa shape index (κ3) is 4.26. The molecule has 0 fully saturated rings. The Bertz CT molecular complexity index is 813. The first-order chi connectivity index (χ1) is 10.7. The zero-order valence-corrected chi connectivity index (χ0v) is 14.3. The van der Waals surface area contributed by atoms with Crippen molar-refractivity contribution in [1.82, 2.24) is 19.8 Å². The van der Waals surface area contributed by atoms with Gasteiger partial charge in [0.25, 0.3) is 11.6 Å². The van der Waals surface area contributed by atoms with Crippen LogP contribution in [0.2, 0.25) is 0 Å². The molecule has 23 heavy (non-hydrogen) atoms. The average Bonchev–Trinajstić information content (AvgIpc) is 2.87. The van der Waals surface area contributed by atoms with E-state index in [0.29, 0.717) is 16.7 Å². The van der Waals surface area contributed by atoms with Gasteiger partial charge in [0.2, 0.25) is 10.0 Å². The summed E-state index contributed by atoms with van der Waals surface area (Å²) < 4.78 is 29.5. The molecule has 9 heteroatoms. The van der Waals surface area contributed by atoms with E-state index in [1.165, 1.54) is 11.1 Å². The molecular weight excluding hydrogens is 320 g/mol. The van der Waals surface area contributed by atoms with E-state index in [9.17, 15) is 13.2 Å². The molecule has 1 N–H and O–H groups in total. The Balaban J connectivity index is 2.15. The van der Waals surface area contributed by atoms with Gasteiger partial charge >= 0.3 is 0 Å². The van der Waals surface area contributed by atoms with Gasteiger partial charge in [0.15, 0.2) is 0 Å². The number of carbonyl (C=O) groups excluding carboxylic acids is 1. The van der Waals surface area contributed by atoms with E-state index in [1.807, 2.05) is 13.8 Å². The van der Waals surface area contributed by atoms with Gasteiger partial charge in [-0.2, -0.15) is 0 Å². The normalized spacial score (nSPS) is 12.0. The highest BCUT2D eigenvalue weighted by atomic mass is 32.2. The van der Waals surface area contributed by atoms with Gasteiger partial charge in [-0.25, -0.2) is 18.1 Å². The quantitative estimate of drug-likeness (QED) is 0.840. The minimum absolute atomic E-state index is 0.153. The summed E-state index contributed by atoms with van der Waals surface area (Å²) in [5.74, 6) is -0.0919. The number of pyridine rings is 1. The summed E-state index contributed by atoms with van der Waals surface area (Å²) in [5, 5.41) is 4.69. The van der Waals surface area contributed by atoms with E-state index in [2.05, 4.69) is 14.9 Å². The molecule has 2 rings (SSSR count). The Morgan fingerprint density at radius 2 is 2.13 bits per heavy atom. The number of rotatable bonds is 6. The Hall–Kier alpha value is -2.00. The van der Waals surface area contributed by atoms with Crippen LogP contribution in [0.5, 0.6) is 0 Å². The molecule has 0 aliphatic rings. The Morgan fingerprint density at radius 1 is 1.43 bits per heavy atom. The lowest BCUT2D eigenvalue weighted by Crippen LogP contribution is -2.35. The summed E-state index contributed by atoms with van der Waals surface area (Å²) in [6.07, 6.45) is 2.51. The van der Waals surface area contributed by atoms with Gasteiger partial charge in [0, 0.05) is 26.3 Å². The van der Waals surface area contributed by atoms with Crippen molar-refractivity contribution in [2.45, 2.75) is 19.8 Å². The third-order valence-corrected chi connectivity index (χ3v) is 4.04. The summed E-state index contributed by atoms with van der Waals surface area (Å²) in [7, 11) is -1.66. The monoisotopic (exact) mass is 340 g/mol. The first-order valence-electron chi connectivity index (χ1n) is 7.14. The molecule has 0 saturated carbocycles. The van der Waals surface area contributed by atoms with Crippen LogP contribution >= 0.6 is 0 Å². The molecule has 0 bridgehead atoms. The molecule has 0 aliphatic heterocycles. The van der Waals surface area contributed by atoms with Gasteiger partial charge < -0.3 is 9.42 Å². The van der Waals surface area contributed by atoms with Crippen molar-refractivity contribution < 1.29 is 17.7 Å². The van der Waals surface area contributed by atoms with Crippen LogP contribution in [0.1, 0.15) is 35.8 Å². The van der Waals surface area contributed by atoms with Crippen molar-refractivity contribution in [3.8, 4) is 0 Å². The fourth-order valence-electron chi connectivity index (χ4n) is 2.10. The minimum atomic E-state index is -3.27. The molecule has 1 amide bonds. The average molecular weight is 340 g/mol. The Morgan fingerprint density at radius 3 is 2.74 bits per heavy atom. The molecule has 0 aliphatic carbocycles. The van der Waals surface area contributed by atoms with Crippen molar-refractivity contribution in [2.75, 3.05) is 26.4 Å². The second-order valence-corrected chi connectivity index (χ2v) is 7.53. The van der Waals surface area contributed by atoms with E-state index in [4.69, 9.17) is 4.52 Å². The molecule has 0 aromatic carbocycles. The van der Waals surface area contributed by atoms with Crippen molar-refractivity contribution in [3.63, 3.8) is 0 Å². The van der Waals surface area contributed by atoms with Crippen molar-refractivity contribution >= 4 is 27.0 Å². The van der Waals surface area contributed by atoms with Crippen LogP contribution in [0.4, 0.5) is 0 Å². The molecule has 0 atom stereocenters. The van der Waals surface area contributed by atoms with Crippen molar-refractivity contribution in [2.24, 2.45) is 0 Å². The predicted octanol–water partition coefficient (Wildman–Crippen LogP) is 0.967. The lowest BCUT2D eigenvalue weighted by Gasteiger charge is -2.17. The van der Waals surface area contributed by atoms with Crippen LogP contribution in [0.3, 0.4) is 0 Å². The predicted molar refractivity (Wildman–Crippen MR) is 85.7 cm³/mol. The number of carbonyl (C=O) groups is 1. The lowest BCUT2D eigenvalue weighted by molar-refractivity contribution is 0.0797. The van der Waals surface area contributed by atoms with E-state index in [-0.39, 0.29) is 24.9 Å². The van der Waals surface area contributed by atoms with Gasteiger partial charge in [0.05, 0.1) is 22.9 Å². The van der Waals surface area contributed by atoms with Gasteiger partial charge in [-0.3, -0.25) is 4.79 Å². The van der Waals surface area contributed by atoms with Gasteiger partial charge in [-0.15, -0.1) is 0 Å². The van der Waals surface area contributed by atoms with Crippen molar-refractivity contribution in [3.05, 3.63) is 23.5 Å². The number of hydrogen-bond acceptors (Lipinski definition) is 6. The maximum Gasteiger partial charge on any atom is 0.257 e. The maximum atomic E-state index is 12.4. The fourth-order valence-corrected chi connectivity index (χ4v) is 2.57. The SMILES string of the molecule is CC(C)c1noc2ncc(C(=O)N(C)CCNS(C)(=O)=O)cc12. The van der Waals surface area contributed by atoms with E-state index >= 15 is 0 Å². The molecule has 0 unspecified atom stereocenters. The summed E-state index contributed by atoms with van der Waals surface area (Å²) in [6.45, 7) is 4.37. The number of likely N-dealkylation sites (N-methyl/N-ethyl adjacent to an activating group) is 1. The van der Waals surface area contributed by atoms with Gasteiger partial charge in [-0.05, 0) is 12.0 Å². The summed E-state index contributed by atoms with van der Waals surface area (Å²) >= 11 is 0. The van der Waals surface area contributed by atoms with Crippen LogP contribution in [-0.4, -0.2) is 55.8 Å². The topological polar surface area (TPSA) is 105 Å². The summed E-state index contributed by atoms with van der Waals surface area (Å²) in [5.41, 5.74) is 1.56. The first-order valence-corrected chi connectivity index (χ1v) is 9.03. The molecule has 0 spiro atoms. The second-order valence-electron chi connectivity index (χ2n) is 5.69. The molecule has 2 aromatic rings. The molecule has 0 radical (unpaired) electrons. The van der Waals surface area contributed by atoms with Gasteiger partial charge in [0.1, 0.15) is 0 Å². The van der Waals surface area contributed by atoms with Crippen LogP contribution in [0.15, 0.2) is 16.8 Å². The number of nitrogens with one attached hydrogen (secondary N) is 1. The van der Waals surface area contributed by atoms with Crippen LogP contribution in [-0.2, 0) is 10.0 Å². The molecule has 2 heterocycles. The molecule has 2 aromatic heterocycles.